The number of phenolic OH excluding ortho intramolecular Hbond substituents is 2. The van der Waals surface area contributed by atoms with Crippen LogP contribution >= 0.6 is 0 Å². The normalized spacial score (nSPS) is 10.7. The van der Waals surface area contributed by atoms with Crippen molar-refractivity contribution in [1.29, 1.82) is 0 Å². The number of carbonyl (C=O) groups excluding carboxylic acids is 1. The topological polar surface area (TPSA) is 136 Å². The van der Waals surface area contributed by atoms with E-state index in [1.807, 2.05) is 0 Å². The molecule has 4 rings (SSSR count). The quantitative estimate of drug-likeness (QED) is 0.355. The lowest BCUT2D eigenvalue weighted by Crippen LogP contribution is -2.19. The van der Waals surface area contributed by atoms with Gasteiger partial charge in [-0.25, -0.2) is 14.8 Å². The van der Waals surface area contributed by atoms with Gasteiger partial charge in [0.25, 0.3) is 0 Å². The van der Waals surface area contributed by atoms with E-state index in [2.05, 4.69) is 30.8 Å². The number of urea groups is 1. The van der Waals surface area contributed by atoms with E-state index in [1.54, 1.807) is 36.4 Å². The highest BCUT2D eigenvalue weighted by atomic mass is 16.3. The number of aromatic amines is 1. The zero-order chi connectivity index (χ0) is 18.8. The van der Waals surface area contributed by atoms with Gasteiger partial charge in [-0.1, -0.05) is 12.1 Å². The van der Waals surface area contributed by atoms with Crippen LogP contribution in [0.4, 0.5) is 16.3 Å². The van der Waals surface area contributed by atoms with Crippen molar-refractivity contribution in [2.75, 3.05) is 10.6 Å². The molecule has 4 aromatic rings. The number of hydrogen-bond acceptors (Lipinski definition) is 6. The number of hydrogen-bond donors (Lipinski definition) is 5. The van der Waals surface area contributed by atoms with Gasteiger partial charge in [-0.2, -0.15) is 5.10 Å². The highest BCUT2D eigenvalue weighted by molar-refractivity contribution is 6.03. The van der Waals surface area contributed by atoms with Crippen LogP contribution in [0.3, 0.4) is 0 Å². The summed E-state index contributed by atoms with van der Waals surface area (Å²) < 4.78 is 0. The predicted molar refractivity (Wildman–Crippen MR) is 99.5 cm³/mol. The summed E-state index contributed by atoms with van der Waals surface area (Å²) in [5.41, 5.74) is 2.16. The lowest BCUT2D eigenvalue weighted by Gasteiger charge is -2.07. The van der Waals surface area contributed by atoms with Crippen molar-refractivity contribution in [3.05, 3.63) is 54.7 Å². The van der Waals surface area contributed by atoms with Crippen LogP contribution in [0.2, 0.25) is 0 Å². The molecule has 0 spiro atoms. The third-order valence-electron chi connectivity index (χ3n) is 3.81. The Kier molecular flexibility index (Phi) is 4.01. The van der Waals surface area contributed by atoms with E-state index in [0.29, 0.717) is 28.1 Å². The smallest absolute Gasteiger partial charge is 0.324 e. The second-order valence-corrected chi connectivity index (χ2v) is 5.67. The average molecular weight is 362 g/mol. The summed E-state index contributed by atoms with van der Waals surface area (Å²) in [5, 5.41) is 31.2. The standard InChI is InChI=1S/C18H14N6O3/c25-11-7-5-10(6-8-11)20-18(27)22-17-15-16(23-24-17)19-9-13(21-15)12-3-1-2-4-14(12)26/h1-9,25-26H,(H3,19,20,22,23,24,27). The summed E-state index contributed by atoms with van der Waals surface area (Å²) in [7, 11) is 0. The molecular formula is C18H14N6O3. The lowest BCUT2D eigenvalue weighted by molar-refractivity contribution is 0.262. The molecule has 0 saturated carbocycles. The van der Waals surface area contributed by atoms with Gasteiger partial charge >= 0.3 is 6.03 Å². The number of phenols is 2. The number of para-hydroxylation sites is 1. The summed E-state index contributed by atoms with van der Waals surface area (Å²) in [6, 6.07) is 12.3. The first-order chi connectivity index (χ1) is 13.1. The summed E-state index contributed by atoms with van der Waals surface area (Å²) in [5.74, 6) is 0.452. The molecular weight excluding hydrogens is 348 g/mol. The number of amides is 2. The molecule has 134 valence electrons. The van der Waals surface area contributed by atoms with Gasteiger partial charge in [0.15, 0.2) is 11.3 Å². The monoisotopic (exact) mass is 362 g/mol. The van der Waals surface area contributed by atoms with Crippen LogP contribution in [0.5, 0.6) is 11.5 Å². The van der Waals surface area contributed by atoms with Crippen molar-refractivity contribution in [3.63, 3.8) is 0 Å². The third kappa shape index (κ3) is 3.33. The van der Waals surface area contributed by atoms with Gasteiger partial charge in [-0.3, -0.25) is 10.4 Å². The van der Waals surface area contributed by atoms with Crippen molar-refractivity contribution in [2.45, 2.75) is 0 Å². The fraction of sp³-hybridized carbons (Fsp3) is 0. The Morgan fingerprint density at radius 2 is 1.78 bits per heavy atom. The summed E-state index contributed by atoms with van der Waals surface area (Å²) >= 11 is 0. The van der Waals surface area contributed by atoms with Crippen molar-refractivity contribution in [3.8, 4) is 22.8 Å². The van der Waals surface area contributed by atoms with Crippen LogP contribution in [0.1, 0.15) is 0 Å². The predicted octanol–water partition coefficient (Wildman–Crippen LogP) is 3.08. The Balaban J connectivity index is 1.60. The van der Waals surface area contributed by atoms with Crippen LogP contribution in [0.15, 0.2) is 54.7 Å². The molecule has 2 heterocycles. The van der Waals surface area contributed by atoms with Crippen molar-refractivity contribution in [1.82, 2.24) is 20.2 Å². The van der Waals surface area contributed by atoms with E-state index < -0.39 is 6.03 Å². The Bertz CT molecular complexity index is 1120. The Morgan fingerprint density at radius 1 is 1.00 bits per heavy atom. The molecule has 0 aliphatic rings. The minimum atomic E-state index is -0.513. The molecule has 5 N–H and O–H groups in total. The van der Waals surface area contributed by atoms with E-state index >= 15 is 0 Å². The molecule has 0 unspecified atom stereocenters. The molecule has 0 saturated heterocycles. The Hall–Kier alpha value is -4.14. The van der Waals surface area contributed by atoms with E-state index in [-0.39, 0.29) is 17.3 Å². The molecule has 0 aliphatic heterocycles. The number of rotatable bonds is 3. The molecule has 27 heavy (non-hydrogen) atoms. The molecule has 0 aliphatic carbocycles. The third-order valence-corrected chi connectivity index (χ3v) is 3.81. The number of H-pyrrole nitrogens is 1. The number of fused-ring (bicyclic) bond motifs is 1. The number of aromatic hydroxyl groups is 2. The van der Waals surface area contributed by atoms with Gasteiger partial charge in [-0.05, 0) is 36.4 Å². The highest BCUT2D eigenvalue weighted by Crippen LogP contribution is 2.28. The number of carbonyl (C=O) groups is 1. The number of anilines is 2. The maximum Gasteiger partial charge on any atom is 0.324 e. The summed E-state index contributed by atoms with van der Waals surface area (Å²) in [6.07, 6.45) is 1.50. The van der Waals surface area contributed by atoms with Crippen LogP contribution < -0.4 is 10.6 Å². The van der Waals surface area contributed by atoms with E-state index in [0.717, 1.165) is 0 Å². The van der Waals surface area contributed by atoms with Crippen LogP contribution in [0, 0.1) is 0 Å². The molecule has 2 aromatic carbocycles. The lowest BCUT2D eigenvalue weighted by atomic mass is 10.1. The minimum Gasteiger partial charge on any atom is -0.508 e. The van der Waals surface area contributed by atoms with Gasteiger partial charge in [0.05, 0.1) is 11.9 Å². The number of nitrogens with zero attached hydrogens (tertiary/aromatic N) is 3. The zero-order valence-electron chi connectivity index (χ0n) is 13.8. The Morgan fingerprint density at radius 3 is 2.56 bits per heavy atom. The van der Waals surface area contributed by atoms with E-state index in [4.69, 9.17) is 0 Å². The first-order valence-electron chi connectivity index (χ1n) is 7.96. The Labute approximate surface area is 152 Å². The molecule has 0 atom stereocenters. The van der Waals surface area contributed by atoms with Gasteiger partial charge in [0, 0.05) is 11.3 Å². The SMILES string of the molecule is O=C(Nc1ccc(O)cc1)Nc1[nH]nc2ncc(-c3ccccc3O)nc12. The largest absolute Gasteiger partial charge is 0.508 e. The molecule has 9 heteroatoms. The van der Waals surface area contributed by atoms with Crippen LogP contribution in [-0.2, 0) is 0 Å². The van der Waals surface area contributed by atoms with Crippen molar-refractivity contribution >= 4 is 28.7 Å². The fourth-order valence-electron chi connectivity index (χ4n) is 2.52. The van der Waals surface area contributed by atoms with Crippen LogP contribution in [0.25, 0.3) is 22.4 Å². The molecule has 2 amide bonds. The molecule has 9 nitrogen and oxygen atoms in total. The zero-order valence-corrected chi connectivity index (χ0v) is 13.8. The fourth-order valence-corrected chi connectivity index (χ4v) is 2.52. The van der Waals surface area contributed by atoms with Gasteiger partial charge in [-0.15, -0.1) is 0 Å². The second-order valence-electron chi connectivity index (χ2n) is 5.67. The molecule has 0 fully saturated rings. The highest BCUT2D eigenvalue weighted by Gasteiger charge is 2.14. The minimum absolute atomic E-state index is 0.0780. The molecule has 2 aromatic heterocycles. The number of aromatic nitrogens is 4. The van der Waals surface area contributed by atoms with Gasteiger partial charge in [0.2, 0.25) is 5.65 Å². The van der Waals surface area contributed by atoms with Gasteiger partial charge < -0.3 is 15.5 Å². The second kappa shape index (κ2) is 6.64. The maximum absolute atomic E-state index is 12.2. The van der Waals surface area contributed by atoms with Crippen LogP contribution in [-0.4, -0.2) is 36.4 Å². The number of benzene rings is 2. The first kappa shape index (κ1) is 16.3. The average Bonchev–Trinajstić information content (AvgIpc) is 3.06. The number of nitrogens with one attached hydrogen (secondary N) is 3. The summed E-state index contributed by atoms with van der Waals surface area (Å²) in [6.45, 7) is 0. The first-order valence-corrected chi connectivity index (χ1v) is 7.96. The summed E-state index contributed by atoms with van der Waals surface area (Å²) in [4.78, 5) is 20.8. The molecule has 0 bridgehead atoms. The van der Waals surface area contributed by atoms with Gasteiger partial charge in [0.1, 0.15) is 11.5 Å². The maximum atomic E-state index is 12.2. The van der Waals surface area contributed by atoms with E-state index in [1.165, 1.54) is 18.3 Å². The van der Waals surface area contributed by atoms with Crippen molar-refractivity contribution in [2.24, 2.45) is 0 Å². The molecule has 0 radical (unpaired) electrons. The van der Waals surface area contributed by atoms with Crippen molar-refractivity contribution < 1.29 is 15.0 Å². The van der Waals surface area contributed by atoms with E-state index in [9.17, 15) is 15.0 Å².